The number of benzene rings is 4. The Morgan fingerprint density at radius 3 is 1.98 bits per heavy atom. The van der Waals surface area contributed by atoms with Gasteiger partial charge < -0.3 is 8.83 Å². The van der Waals surface area contributed by atoms with Crippen LogP contribution in [0.5, 0.6) is 0 Å². The molecule has 0 atom stereocenters. The van der Waals surface area contributed by atoms with Crippen LogP contribution in [0.4, 0.5) is 0 Å². The van der Waals surface area contributed by atoms with Gasteiger partial charge in [0.2, 0.25) is 11.4 Å². The third-order valence-corrected chi connectivity index (χ3v) is 7.81. The molecule has 0 aliphatic carbocycles. The summed E-state index contributed by atoms with van der Waals surface area (Å²) < 4.78 is 12.4. The van der Waals surface area contributed by atoms with E-state index in [2.05, 4.69) is 36.4 Å². The molecule has 8 rings (SSSR count). The van der Waals surface area contributed by atoms with Crippen molar-refractivity contribution in [3.63, 3.8) is 0 Å². The average Bonchev–Trinajstić information content (AvgIpc) is 3.53. The van der Waals surface area contributed by atoms with E-state index in [1.165, 1.54) is 0 Å². The highest BCUT2D eigenvalue weighted by Crippen LogP contribution is 2.45. The smallest absolute Gasteiger partial charge is 0.229 e. The second-order valence-corrected chi connectivity index (χ2v) is 10.5. The molecule has 0 fully saturated rings. The predicted octanol–water partition coefficient (Wildman–Crippen LogP) is 10.6. The summed E-state index contributed by atoms with van der Waals surface area (Å²) >= 11 is 13.1. The van der Waals surface area contributed by atoms with Crippen LogP contribution in [-0.4, -0.2) is 9.97 Å². The molecular formula is C34H18Cl2N2O2. The summed E-state index contributed by atoms with van der Waals surface area (Å²) in [6, 6.07) is 36.0. The van der Waals surface area contributed by atoms with Crippen LogP contribution in [0.25, 0.3) is 77.6 Å². The minimum atomic E-state index is 0.397. The molecule has 0 N–H and O–H groups in total. The van der Waals surface area contributed by atoms with Crippen molar-refractivity contribution in [3.05, 3.63) is 119 Å². The predicted molar refractivity (Wildman–Crippen MR) is 163 cm³/mol. The van der Waals surface area contributed by atoms with Crippen LogP contribution in [0.1, 0.15) is 0 Å². The molecule has 4 heterocycles. The minimum Gasteiger partial charge on any atom is -0.438 e. The van der Waals surface area contributed by atoms with Crippen molar-refractivity contribution in [2.24, 2.45) is 0 Å². The van der Waals surface area contributed by atoms with Crippen molar-refractivity contribution in [2.75, 3.05) is 0 Å². The molecule has 8 aromatic rings. The Morgan fingerprint density at radius 1 is 0.500 bits per heavy atom. The van der Waals surface area contributed by atoms with E-state index < -0.39 is 0 Å². The molecule has 190 valence electrons. The summed E-state index contributed by atoms with van der Waals surface area (Å²) in [5.74, 6) is 0. The number of aromatic nitrogens is 2. The Hall–Kier alpha value is -4.64. The van der Waals surface area contributed by atoms with Crippen LogP contribution >= 0.6 is 23.2 Å². The molecule has 4 nitrogen and oxygen atoms in total. The number of rotatable bonds is 3. The van der Waals surface area contributed by atoms with Crippen molar-refractivity contribution in [1.82, 2.24) is 9.97 Å². The summed E-state index contributed by atoms with van der Waals surface area (Å²) in [6.07, 6.45) is 0. The normalized spacial score (nSPS) is 11.8. The van der Waals surface area contributed by atoms with E-state index in [4.69, 9.17) is 42.0 Å². The number of hydrogen-bond acceptors (Lipinski definition) is 4. The van der Waals surface area contributed by atoms with E-state index >= 15 is 0 Å². The summed E-state index contributed by atoms with van der Waals surface area (Å²) in [5, 5.41) is 4.81. The van der Waals surface area contributed by atoms with Gasteiger partial charge >= 0.3 is 0 Å². The fourth-order valence-electron chi connectivity index (χ4n) is 5.49. The number of furan rings is 2. The highest BCUT2D eigenvalue weighted by Gasteiger charge is 2.22. The van der Waals surface area contributed by atoms with Crippen LogP contribution in [0, 0.1) is 0 Å². The third kappa shape index (κ3) is 3.61. The second kappa shape index (κ2) is 8.95. The lowest BCUT2D eigenvalue weighted by Crippen LogP contribution is -1.91. The molecule has 0 aliphatic rings. The maximum Gasteiger partial charge on any atom is 0.229 e. The second-order valence-electron chi connectivity index (χ2n) is 9.67. The van der Waals surface area contributed by atoms with Crippen molar-refractivity contribution in [1.29, 1.82) is 0 Å². The number of nitrogens with zero attached hydrogens (tertiary/aromatic N) is 2. The first-order chi connectivity index (χ1) is 19.6. The van der Waals surface area contributed by atoms with Crippen LogP contribution in [-0.2, 0) is 0 Å². The third-order valence-electron chi connectivity index (χ3n) is 7.30. The van der Waals surface area contributed by atoms with Crippen LogP contribution in [0.15, 0.2) is 118 Å². The van der Waals surface area contributed by atoms with Gasteiger partial charge in [-0.25, -0.2) is 4.98 Å². The van der Waals surface area contributed by atoms with Gasteiger partial charge in [-0.15, -0.1) is 0 Å². The van der Waals surface area contributed by atoms with Crippen molar-refractivity contribution in [3.8, 4) is 33.5 Å². The number of hydrogen-bond donors (Lipinski definition) is 0. The van der Waals surface area contributed by atoms with E-state index in [1.54, 1.807) is 0 Å². The standard InChI is InChI=1S/C34H18Cl2N2O2/c35-22-12-16-27-25(18-22)23-14-15-26(37-33(23)39-27)21-11-13-24-28(17-21)40-34-31(24)29(19-7-3-1-4-8-19)30(32(36)38-34)20-9-5-2-6-10-20/h1-18H. The van der Waals surface area contributed by atoms with Gasteiger partial charge in [0.15, 0.2) is 0 Å². The van der Waals surface area contributed by atoms with E-state index in [-0.39, 0.29) is 0 Å². The molecule has 0 spiro atoms. The molecule has 0 saturated heterocycles. The monoisotopic (exact) mass is 556 g/mol. The van der Waals surface area contributed by atoms with E-state index in [1.807, 2.05) is 72.8 Å². The fourth-order valence-corrected chi connectivity index (χ4v) is 5.94. The molecule has 0 saturated carbocycles. The molecule has 4 aromatic heterocycles. The maximum atomic E-state index is 6.85. The summed E-state index contributed by atoms with van der Waals surface area (Å²) in [5.41, 5.74) is 8.11. The van der Waals surface area contributed by atoms with Crippen molar-refractivity contribution < 1.29 is 8.83 Å². The summed E-state index contributed by atoms with van der Waals surface area (Å²) in [4.78, 5) is 9.53. The largest absolute Gasteiger partial charge is 0.438 e. The van der Waals surface area contributed by atoms with Gasteiger partial charge in [0.25, 0.3) is 0 Å². The highest BCUT2D eigenvalue weighted by atomic mass is 35.5. The number of fused-ring (bicyclic) bond motifs is 6. The average molecular weight is 557 g/mol. The molecular weight excluding hydrogens is 539 g/mol. The van der Waals surface area contributed by atoms with Crippen LogP contribution in [0.3, 0.4) is 0 Å². The zero-order chi connectivity index (χ0) is 26.8. The zero-order valence-corrected chi connectivity index (χ0v) is 22.4. The van der Waals surface area contributed by atoms with Crippen molar-refractivity contribution in [2.45, 2.75) is 0 Å². The molecule has 0 radical (unpaired) electrons. The Labute approximate surface area is 238 Å². The van der Waals surface area contributed by atoms with E-state index in [9.17, 15) is 0 Å². The SMILES string of the molecule is Clc1ccc2oc3nc(-c4ccc5c(c4)oc4nc(Cl)c(-c6ccccc6)c(-c6ccccc6)c45)ccc3c2c1. The van der Waals surface area contributed by atoms with Gasteiger partial charge in [0, 0.05) is 37.9 Å². The van der Waals surface area contributed by atoms with Crippen molar-refractivity contribution >= 4 is 67.3 Å². The Bertz CT molecular complexity index is 2240. The van der Waals surface area contributed by atoms with E-state index in [0.717, 1.165) is 60.6 Å². The molecule has 0 bridgehead atoms. The lowest BCUT2D eigenvalue weighted by Gasteiger charge is -2.13. The van der Waals surface area contributed by atoms with Gasteiger partial charge in [-0.05, 0) is 53.6 Å². The molecule has 0 amide bonds. The Balaban J connectivity index is 1.35. The van der Waals surface area contributed by atoms with Gasteiger partial charge in [-0.3, -0.25) is 0 Å². The molecule has 0 unspecified atom stereocenters. The van der Waals surface area contributed by atoms with Crippen LogP contribution < -0.4 is 0 Å². The topological polar surface area (TPSA) is 52.1 Å². The molecule has 0 aliphatic heterocycles. The first-order valence-electron chi connectivity index (χ1n) is 12.8. The van der Waals surface area contributed by atoms with Gasteiger partial charge in [-0.1, -0.05) is 89.9 Å². The highest BCUT2D eigenvalue weighted by molar-refractivity contribution is 6.34. The number of pyridine rings is 2. The molecule has 6 heteroatoms. The first-order valence-corrected chi connectivity index (χ1v) is 13.6. The van der Waals surface area contributed by atoms with Crippen LogP contribution in [0.2, 0.25) is 10.2 Å². The summed E-state index contributed by atoms with van der Waals surface area (Å²) in [6.45, 7) is 0. The first kappa shape index (κ1) is 23.3. The number of halogens is 2. The molecule has 4 aromatic carbocycles. The van der Waals surface area contributed by atoms with E-state index in [0.29, 0.717) is 27.2 Å². The van der Waals surface area contributed by atoms with Gasteiger partial charge in [-0.2, -0.15) is 4.98 Å². The zero-order valence-electron chi connectivity index (χ0n) is 20.9. The Morgan fingerprint density at radius 2 is 1.20 bits per heavy atom. The lowest BCUT2D eigenvalue weighted by molar-refractivity contribution is 0.653. The summed E-state index contributed by atoms with van der Waals surface area (Å²) in [7, 11) is 0. The fraction of sp³-hybridized carbons (Fsp3) is 0. The lowest BCUT2D eigenvalue weighted by atomic mass is 9.92. The van der Waals surface area contributed by atoms with Gasteiger partial charge in [0.05, 0.1) is 11.1 Å². The van der Waals surface area contributed by atoms with Gasteiger partial charge in [0.1, 0.15) is 16.3 Å². The molecule has 40 heavy (non-hydrogen) atoms. The Kier molecular flexibility index (Phi) is 5.21. The maximum absolute atomic E-state index is 6.85. The minimum absolute atomic E-state index is 0.397. The quantitative estimate of drug-likeness (QED) is 0.203.